The first-order valence-electron chi connectivity index (χ1n) is 4.46. The topological polar surface area (TPSA) is 33.1 Å². The van der Waals surface area contributed by atoms with Gasteiger partial charge < -0.3 is 5.11 Å². The van der Waals surface area contributed by atoms with Gasteiger partial charge in [-0.05, 0) is 52.7 Å². The number of hydrogen-bond donors (Lipinski definition) is 1. The second kappa shape index (κ2) is 3.39. The molecule has 1 fully saturated rings. The van der Waals surface area contributed by atoms with Crippen LogP contribution < -0.4 is 0 Å². The van der Waals surface area contributed by atoms with E-state index in [1.165, 1.54) is 0 Å². The minimum Gasteiger partial charge on any atom is -0.396 e. The first kappa shape index (κ1) is 9.16. The smallest absolute Gasteiger partial charge is 0.106 e. The fraction of sp³-hybridized carbons (Fsp3) is 0.500. The van der Waals surface area contributed by atoms with E-state index >= 15 is 0 Å². The summed E-state index contributed by atoms with van der Waals surface area (Å²) in [7, 11) is 0. The van der Waals surface area contributed by atoms with E-state index in [1.807, 2.05) is 18.2 Å². The predicted octanol–water partition coefficient (Wildman–Crippen LogP) is 2.16. The minimum absolute atomic E-state index is 0.161. The summed E-state index contributed by atoms with van der Waals surface area (Å²) in [6.45, 7) is 0.293. The SMILES string of the molecule is OCC1(Cc2cccc(Br)n2)CC1. The summed E-state index contributed by atoms with van der Waals surface area (Å²) in [5.41, 5.74) is 1.23. The number of halogens is 1. The van der Waals surface area contributed by atoms with Gasteiger partial charge in [-0.1, -0.05) is 6.07 Å². The Morgan fingerprint density at radius 1 is 1.46 bits per heavy atom. The van der Waals surface area contributed by atoms with Crippen LogP contribution in [0.15, 0.2) is 22.8 Å². The largest absolute Gasteiger partial charge is 0.396 e. The van der Waals surface area contributed by atoms with Gasteiger partial charge in [0.1, 0.15) is 4.60 Å². The molecule has 1 aromatic heterocycles. The number of pyridine rings is 1. The van der Waals surface area contributed by atoms with Crippen molar-refractivity contribution in [2.45, 2.75) is 19.3 Å². The summed E-state index contributed by atoms with van der Waals surface area (Å²) in [4.78, 5) is 4.35. The zero-order valence-corrected chi connectivity index (χ0v) is 8.92. The van der Waals surface area contributed by atoms with Crippen molar-refractivity contribution < 1.29 is 5.11 Å². The molecule has 0 spiro atoms. The molecule has 0 radical (unpaired) electrons. The van der Waals surface area contributed by atoms with Crippen LogP contribution in [0.2, 0.25) is 0 Å². The number of aromatic nitrogens is 1. The van der Waals surface area contributed by atoms with Crippen LogP contribution >= 0.6 is 15.9 Å². The predicted molar refractivity (Wildman–Crippen MR) is 54.4 cm³/mol. The lowest BCUT2D eigenvalue weighted by Gasteiger charge is -2.10. The molecular weight excluding hydrogens is 230 g/mol. The van der Waals surface area contributed by atoms with E-state index in [1.54, 1.807) is 0 Å². The summed E-state index contributed by atoms with van der Waals surface area (Å²) in [6.07, 6.45) is 3.18. The standard InChI is InChI=1S/C10H12BrNO/c11-9-3-1-2-8(12-9)6-10(7-13)4-5-10/h1-3,13H,4-7H2. The molecule has 1 aromatic rings. The molecule has 13 heavy (non-hydrogen) atoms. The Kier molecular flexibility index (Phi) is 2.39. The molecule has 70 valence electrons. The van der Waals surface area contributed by atoms with Crippen LogP contribution in [0.3, 0.4) is 0 Å². The maximum atomic E-state index is 9.15. The van der Waals surface area contributed by atoms with Gasteiger partial charge in [-0.3, -0.25) is 0 Å². The molecular formula is C10H12BrNO. The van der Waals surface area contributed by atoms with Crippen LogP contribution in [0.4, 0.5) is 0 Å². The zero-order chi connectivity index (χ0) is 9.31. The van der Waals surface area contributed by atoms with E-state index in [4.69, 9.17) is 5.11 Å². The van der Waals surface area contributed by atoms with Gasteiger partial charge in [-0.2, -0.15) is 0 Å². The Morgan fingerprint density at radius 3 is 2.77 bits per heavy atom. The molecule has 2 rings (SSSR count). The molecule has 2 nitrogen and oxygen atoms in total. The zero-order valence-electron chi connectivity index (χ0n) is 7.33. The third kappa shape index (κ3) is 2.09. The van der Waals surface area contributed by atoms with E-state index in [0.29, 0.717) is 6.61 Å². The molecule has 1 aliphatic rings. The highest BCUT2D eigenvalue weighted by Gasteiger charge is 2.42. The van der Waals surface area contributed by atoms with Crippen LogP contribution in [-0.2, 0) is 6.42 Å². The van der Waals surface area contributed by atoms with Crippen molar-refractivity contribution in [1.82, 2.24) is 4.98 Å². The first-order chi connectivity index (χ1) is 6.24. The van der Waals surface area contributed by atoms with Crippen molar-refractivity contribution in [3.63, 3.8) is 0 Å². The average molecular weight is 242 g/mol. The molecule has 1 aliphatic carbocycles. The lowest BCUT2D eigenvalue weighted by Crippen LogP contribution is -2.11. The van der Waals surface area contributed by atoms with Gasteiger partial charge in [0.05, 0.1) is 0 Å². The van der Waals surface area contributed by atoms with Gasteiger partial charge in [0.2, 0.25) is 0 Å². The van der Waals surface area contributed by atoms with Gasteiger partial charge in [-0.25, -0.2) is 4.98 Å². The number of aliphatic hydroxyl groups excluding tert-OH is 1. The molecule has 0 aliphatic heterocycles. The quantitative estimate of drug-likeness (QED) is 0.824. The van der Waals surface area contributed by atoms with Crippen molar-refractivity contribution in [2.24, 2.45) is 5.41 Å². The molecule has 3 heteroatoms. The molecule has 0 aromatic carbocycles. The van der Waals surface area contributed by atoms with Crippen molar-refractivity contribution in [2.75, 3.05) is 6.61 Å². The number of nitrogens with zero attached hydrogens (tertiary/aromatic N) is 1. The van der Waals surface area contributed by atoms with Gasteiger partial charge in [0.25, 0.3) is 0 Å². The summed E-state index contributed by atoms with van der Waals surface area (Å²) < 4.78 is 0.874. The monoisotopic (exact) mass is 241 g/mol. The maximum absolute atomic E-state index is 9.15. The lowest BCUT2D eigenvalue weighted by atomic mass is 10.0. The van der Waals surface area contributed by atoms with Crippen LogP contribution in [0.25, 0.3) is 0 Å². The summed E-state index contributed by atoms with van der Waals surface area (Å²) >= 11 is 3.34. The second-order valence-corrected chi connectivity index (χ2v) is 4.60. The first-order valence-corrected chi connectivity index (χ1v) is 5.26. The van der Waals surface area contributed by atoms with Gasteiger partial charge in [0.15, 0.2) is 0 Å². The minimum atomic E-state index is 0.161. The highest BCUT2D eigenvalue weighted by atomic mass is 79.9. The summed E-state index contributed by atoms with van der Waals surface area (Å²) in [6, 6.07) is 5.92. The second-order valence-electron chi connectivity index (χ2n) is 3.79. The molecule has 0 amide bonds. The van der Waals surface area contributed by atoms with Crippen molar-refractivity contribution in [1.29, 1.82) is 0 Å². The third-order valence-corrected chi connectivity index (χ3v) is 3.06. The Labute approximate surface area is 86.1 Å². The van der Waals surface area contributed by atoms with E-state index in [2.05, 4.69) is 20.9 Å². The van der Waals surface area contributed by atoms with Gasteiger partial charge in [0, 0.05) is 12.3 Å². The van der Waals surface area contributed by atoms with Crippen LogP contribution in [0, 0.1) is 5.41 Å². The van der Waals surface area contributed by atoms with Crippen LogP contribution in [0.5, 0.6) is 0 Å². The van der Waals surface area contributed by atoms with Gasteiger partial charge in [-0.15, -0.1) is 0 Å². The molecule has 0 saturated heterocycles. The van der Waals surface area contributed by atoms with E-state index in [9.17, 15) is 0 Å². The Morgan fingerprint density at radius 2 is 2.23 bits per heavy atom. The highest BCUT2D eigenvalue weighted by molar-refractivity contribution is 9.10. The Hall–Kier alpha value is -0.410. The summed E-state index contributed by atoms with van der Waals surface area (Å²) in [5, 5.41) is 9.15. The van der Waals surface area contributed by atoms with E-state index < -0.39 is 0 Å². The molecule has 1 heterocycles. The molecule has 0 atom stereocenters. The van der Waals surface area contributed by atoms with Gasteiger partial charge >= 0.3 is 0 Å². The van der Waals surface area contributed by atoms with Crippen LogP contribution in [0.1, 0.15) is 18.5 Å². The number of hydrogen-bond acceptors (Lipinski definition) is 2. The summed E-state index contributed by atoms with van der Waals surface area (Å²) in [5.74, 6) is 0. The molecule has 1 saturated carbocycles. The van der Waals surface area contributed by atoms with E-state index in [0.717, 1.165) is 29.6 Å². The Balaban J connectivity index is 2.09. The van der Waals surface area contributed by atoms with Crippen molar-refractivity contribution in [3.05, 3.63) is 28.5 Å². The maximum Gasteiger partial charge on any atom is 0.106 e. The lowest BCUT2D eigenvalue weighted by molar-refractivity contribution is 0.210. The molecule has 0 unspecified atom stereocenters. The molecule has 0 bridgehead atoms. The normalized spacial score (nSPS) is 18.6. The fourth-order valence-corrected chi connectivity index (χ4v) is 1.88. The number of aliphatic hydroxyl groups is 1. The number of rotatable bonds is 3. The molecule has 1 N–H and O–H groups in total. The fourth-order valence-electron chi connectivity index (χ4n) is 1.50. The average Bonchev–Trinajstić information content (AvgIpc) is 2.86. The van der Waals surface area contributed by atoms with Crippen molar-refractivity contribution >= 4 is 15.9 Å². The highest BCUT2D eigenvalue weighted by Crippen LogP contribution is 2.47. The van der Waals surface area contributed by atoms with E-state index in [-0.39, 0.29) is 5.41 Å². The Bertz CT molecular complexity index is 310. The third-order valence-electron chi connectivity index (χ3n) is 2.62. The van der Waals surface area contributed by atoms with Crippen molar-refractivity contribution in [3.8, 4) is 0 Å². The van der Waals surface area contributed by atoms with Crippen LogP contribution in [-0.4, -0.2) is 16.7 Å².